The molecule has 0 radical (unpaired) electrons. The molecule has 1 rings (SSSR count). The Morgan fingerprint density at radius 2 is 1.82 bits per heavy atom. The second kappa shape index (κ2) is 4.30. The second-order valence-corrected chi connectivity index (χ2v) is 6.59. The lowest BCUT2D eigenvalue weighted by Crippen LogP contribution is -1.80. The highest BCUT2D eigenvalue weighted by molar-refractivity contribution is 14.2. The summed E-state index contributed by atoms with van der Waals surface area (Å²) in [5.41, 5.74) is 0. The van der Waals surface area contributed by atoms with E-state index in [1.54, 1.807) is 12.1 Å². The highest BCUT2D eigenvalue weighted by Crippen LogP contribution is 2.24. The van der Waals surface area contributed by atoms with Gasteiger partial charge in [0.25, 0.3) is 0 Å². The monoisotopic (exact) mass is 488 g/mol. The Labute approximate surface area is 98.6 Å². The molecule has 2 nitrogen and oxygen atoms in total. The molecule has 5 heteroatoms. The summed E-state index contributed by atoms with van der Waals surface area (Å²) in [6.07, 6.45) is 0. The van der Waals surface area contributed by atoms with Crippen LogP contribution in [0.4, 0.5) is 0 Å². The van der Waals surface area contributed by atoms with Gasteiger partial charge < -0.3 is 0 Å². The Morgan fingerprint density at radius 3 is 2.27 bits per heavy atom. The third-order valence-corrected chi connectivity index (χ3v) is 5.53. The predicted octanol–water partition coefficient (Wildman–Crippen LogP) is 3.26. The van der Waals surface area contributed by atoms with Crippen LogP contribution in [0.15, 0.2) is 18.2 Å². The summed E-state index contributed by atoms with van der Waals surface area (Å²) in [7, 11) is 0. The van der Waals surface area contributed by atoms with Gasteiger partial charge in [0.05, 0.1) is 3.57 Å². The first kappa shape index (κ1) is 10.1. The largest absolute Gasteiger partial charge is 0.341 e. The topological polar surface area (TPSA) is 34.1 Å². The maximum absolute atomic E-state index is 10.7. The van der Waals surface area contributed by atoms with Gasteiger partial charge >= 0.3 is 19.8 Å². The number of hydrogen-bond donors (Lipinski definition) is 0. The molecule has 0 fully saturated rings. The van der Waals surface area contributed by atoms with E-state index in [4.69, 9.17) is 0 Å². The molecule has 0 bridgehead atoms. The van der Waals surface area contributed by atoms with Crippen LogP contribution in [0.25, 0.3) is 0 Å². The van der Waals surface area contributed by atoms with Crippen molar-refractivity contribution in [2.75, 3.05) is 0 Å². The van der Waals surface area contributed by atoms with Crippen LogP contribution in [0.5, 0.6) is 0 Å². The van der Waals surface area contributed by atoms with E-state index in [-0.39, 0.29) is 0 Å². The fourth-order valence-electron chi connectivity index (χ4n) is 0.596. The van der Waals surface area contributed by atoms with E-state index in [1.165, 1.54) is 0 Å². The van der Waals surface area contributed by atoms with Crippen molar-refractivity contribution >= 4 is 65.0 Å². The van der Waals surface area contributed by atoms with Crippen LogP contribution >= 0.6 is 65.0 Å². The van der Waals surface area contributed by atoms with Gasteiger partial charge in [-0.3, -0.25) is 0 Å². The zero-order valence-corrected chi connectivity index (χ0v) is 11.7. The number of hydrogen-bond acceptors (Lipinski definition) is 2. The normalized spacial score (nSPS) is 10.5. The van der Waals surface area contributed by atoms with Crippen molar-refractivity contribution in [2.24, 2.45) is 0 Å². The maximum atomic E-state index is 10.7. The predicted molar refractivity (Wildman–Crippen MR) is 66.0 cm³/mol. The first-order valence-corrected chi connectivity index (χ1v) is 7.61. The van der Waals surface area contributed by atoms with Gasteiger partial charge in [-0.25, -0.2) is 6.14 Å². The SMILES string of the molecule is O=I(=O)c1ccc(I)cc1I. The second-order valence-electron chi connectivity index (χ2n) is 1.78. The highest BCUT2D eigenvalue weighted by atomic mass is 127. The highest BCUT2D eigenvalue weighted by Gasteiger charge is 2.03. The third-order valence-electron chi connectivity index (χ3n) is 1.05. The van der Waals surface area contributed by atoms with Gasteiger partial charge in [0, 0.05) is 7.14 Å². The number of benzene rings is 1. The molecule has 0 aliphatic heterocycles. The molecule has 0 atom stereocenters. The van der Waals surface area contributed by atoms with E-state index < -0.39 is 19.8 Å². The first-order chi connectivity index (χ1) is 5.11. The summed E-state index contributed by atoms with van der Waals surface area (Å²) in [5, 5.41) is 0. The molecular weight excluding hydrogens is 485 g/mol. The van der Waals surface area contributed by atoms with Gasteiger partial charge in [-0.1, -0.05) is 0 Å². The fourth-order valence-corrected chi connectivity index (χ4v) is 4.36. The van der Waals surface area contributed by atoms with Gasteiger partial charge in [-0.05, 0) is 63.4 Å². The smallest absolute Gasteiger partial charge is 0.230 e. The van der Waals surface area contributed by atoms with Gasteiger partial charge in [-0.15, -0.1) is 0 Å². The van der Waals surface area contributed by atoms with Gasteiger partial charge in [0.2, 0.25) is 0 Å². The minimum Gasteiger partial charge on any atom is -0.230 e. The molecule has 1 aromatic carbocycles. The zero-order valence-electron chi connectivity index (χ0n) is 5.18. The third kappa shape index (κ3) is 2.76. The van der Waals surface area contributed by atoms with Crippen molar-refractivity contribution in [3.63, 3.8) is 0 Å². The van der Waals surface area contributed by atoms with Gasteiger partial charge in [0.1, 0.15) is 0 Å². The summed E-state index contributed by atoms with van der Waals surface area (Å²) in [4.78, 5) is 0. The fraction of sp³-hybridized carbons (Fsp3) is 0. The van der Waals surface area contributed by atoms with Crippen LogP contribution in [0.2, 0.25) is 0 Å². The molecular formula is C6H3I3O2. The molecule has 0 spiro atoms. The summed E-state index contributed by atoms with van der Waals surface area (Å²) in [5.74, 6) is 0. The van der Waals surface area contributed by atoms with Crippen molar-refractivity contribution in [1.82, 2.24) is 0 Å². The van der Waals surface area contributed by atoms with Crippen LogP contribution in [0, 0.1) is 10.7 Å². The van der Waals surface area contributed by atoms with E-state index in [9.17, 15) is 6.14 Å². The lowest BCUT2D eigenvalue weighted by Gasteiger charge is -1.93. The molecule has 11 heavy (non-hydrogen) atoms. The molecule has 0 heterocycles. The summed E-state index contributed by atoms with van der Waals surface area (Å²) in [6, 6.07) is 5.32. The molecule has 0 aromatic heterocycles. The molecule has 1 aromatic rings. The minimum atomic E-state index is -3.26. The number of halogens is 3. The standard InChI is InChI=1S/C6H3I3O2/c7-4-1-2-6(9(10)11)5(8)3-4/h1-3H. The van der Waals surface area contributed by atoms with Crippen LogP contribution < -0.4 is 0 Å². The molecule has 0 saturated heterocycles. The quantitative estimate of drug-likeness (QED) is 0.450. The first-order valence-electron chi connectivity index (χ1n) is 2.61. The molecule has 0 aliphatic carbocycles. The summed E-state index contributed by atoms with van der Waals surface area (Å²) >= 11 is 0.932. The zero-order chi connectivity index (χ0) is 8.43. The Bertz CT molecular complexity index is 336. The average molecular weight is 488 g/mol. The van der Waals surface area contributed by atoms with Gasteiger partial charge in [-0.2, -0.15) is 0 Å². The maximum Gasteiger partial charge on any atom is 0.341 e. The van der Waals surface area contributed by atoms with Crippen LogP contribution in [-0.4, -0.2) is 0 Å². The van der Waals surface area contributed by atoms with Crippen molar-refractivity contribution in [1.29, 1.82) is 0 Å². The van der Waals surface area contributed by atoms with Crippen molar-refractivity contribution in [3.05, 3.63) is 28.9 Å². The van der Waals surface area contributed by atoms with E-state index in [0.29, 0.717) is 3.57 Å². The van der Waals surface area contributed by atoms with E-state index in [0.717, 1.165) is 7.14 Å². The van der Waals surface area contributed by atoms with Crippen LogP contribution in [-0.2, 0) is 6.14 Å². The van der Waals surface area contributed by atoms with Crippen molar-refractivity contribution < 1.29 is 6.14 Å². The Balaban J connectivity index is 3.31. The summed E-state index contributed by atoms with van der Waals surface area (Å²) < 4.78 is 23.7. The van der Waals surface area contributed by atoms with E-state index in [1.807, 2.05) is 28.7 Å². The minimum absolute atomic E-state index is 0.496. The molecule has 0 N–H and O–H groups in total. The van der Waals surface area contributed by atoms with Crippen LogP contribution in [0.3, 0.4) is 0 Å². The van der Waals surface area contributed by atoms with E-state index >= 15 is 0 Å². The molecule has 0 saturated carbocycles. The Hall–Kier alpha value is 1.01. The average Bonchev–Trinajstić information content (AvgIpc) is 1.85. The molecule has 60 valence electrons. The van der Waals surface area contributed by atoms with Gasteiger partial charge in [0.15, 0.2) is 0 Å². The lowest BCUT2D eigenvalue weighted by atomic mass is 10.4. The molecule has 0 unspecified atom stereocenters. The Kier molecular flexibility index (Phi) is 3.95. The van der Waals surface area contributed by atoms with Crippen molar-refractivity contribution in [3.8, 4) is 0 Å². The van der Waals surface area contributed by atoms with E-state index in [2.05, 4.69) is 22.6 Å². The lowest BCUT2D eigenvalue weighted by molar-refractivity contribution is 0.610. The van der Waals surface area contributed by atoms with Crippen LogP contribution in [0.1, 0.15) is 0 Å². The molecule has 0 aliphatic rings. The molecule has 0 amide bonds. The Morgan fingerprint density at radius 1 is 1.18 bits per heavy atom. The summed E-state index contributed by atoms with van der Waals surface area (Å²) in [6.45, 7) is 0. The van der Waals surface area contributed by atoms with Crippen molar-refractivity contribution in [2.45, 2.75) is 0 Å². The number of rotatable bonds is 1.